The molecule has 1 N–H and O–H groups in total. The Bertz CT molecular complexity index is 431. The van der Waals surface area contributed by atoms with Crippen molar-refractivity contribution in [3.8, 4) is 5.75 Å². The monoisotopic (exact) mass is 293 g/mol. The molecule has 1 atom stereocenters. The van der Waals surface area contributed by atoms with Crippen LogP contribution in [0, 0.1) is 18.3 Å². The fourth-order valence-electron chi connectivity index (χ4n) is 2.50. The SMILES string of the molecule is COCCNCC(C)(Cc1cc(C)ccc1OC)C(C)C. The number of hydrogen-bond acceptors (Lipinski definition) is 3. The van der Waals surface area contributed by atoms with Crippen LogP contribution in [0.3, 0.4) is 0 Å². The van der Waals surface area contributed by atoms with E-state index in [1.165, 1.54) is 11.1 Å². The first-order chi connectivity index (χ1) is 9.92. The fourth-order valence-corrected chi connectivity index (χ4v) is 2.50. The molecule has 1 rings (SSSR count). The van der Waals surface area contributed by atoms with Crippen LogP contribution in [0.25, 0.3) is 0 Å². The lowest BCUT2D eigenvalue weighted by Gasteiger charge is -2.35. The molecule has 0 fully saturated rings. The second-order valence-corrected chi connectivity index (χ2v) is 6.47. The molecule has 0 heterocycles. The van der Waals surface area contributed by atoms with E-state index in [9.17, 15) is 0 Å². The van der Waals surface area contributed by atoms with Crippen LogP contribution in [-0.4, -0.2) is 33.9 Å². The summed E-state index contributed by atoms with van der Waals surface area (Å²) < 4.78 is 10.6. The van der Waals surface area contributed by atoms with Gasteiger partial charge in [-0.3, -0.25) is 0 Å². The third-order valence-electron chi connectivity index (χ3n) is 4.44. The van der Waals surface area contributed by atoms with Crippen molar-refractivity contribution in [2.45, 2.75) is 34.1 Å². The van der Waals surface area contributed by atoms with Crippen LogP contribution in [0.5, 0.6) is 5.75 Å². The smallest absolute Gasteiger partial charge is 0.122 e. The van der Waals surface area contributed by atoms with Gasteiger partial charge in [0.2, 0.25) is 0 Å². The van der Waals surface area contributed by atoms with E-state index < -0.39 is 0 Å². The summed E-state index contributed by atoms with van der Waals surface area (Å²) in [5, 5.41) is 3.51. The second kappa shape index (κ2) is 8.40. The van der Waals surface area contributed by atoms with Crippen LogP contribution in [0.1, 0.15) is 31.9 Å². The molecule has 1 aromatic rings. The summed E-state index contributed by atoms with van der Waals surface area (Å²) >= 11 is 0. The molecule has 0 saturated heterocycles. The molecule has 3 heteroatoms. The molecule has 1 aromatic carbocycles. The summed E-state index contributed by atoms with van der Waals surface area (Å²) in [5.41, 5.74) is 2.76. The normalized spacial score (nSPS) is 14.2. The lowest BCUT2D eigenvalue weighted by atomic mass is 9.74. The number of hydrogen-bond donors (Lipinski definition) is 1. The van der Waals surface area contributed by atoms with Gasteiger partial charge in [0.05, 0.1) is 13.7 Å². The highest BCUT2D eigenvalue weighted by molar-refractivity contribution is 5.37. The van der Waals surface area contributed by atoms with Gasteiger partial charge in [0.1, 0.15) is 5.75 Å². The maximum Gasteiger partial charge on any atom is 0.122 e. The summed E-state index contributed by atoms with van der Waals surface area (Å²) in [6, 6.07) is 6.42. The average molecular weight is 293 g/mol. The van der Waals surface area contributed by atoms with Crippen molar-refractivity contribution in [2.75, 3.05) is 33.9 Å². The van der Waals surface area contributed by atoms with Crippen molar-refractivity contribution in [3.63, 3.8) is 0 Å². The molecule has 0 aromatic heterocycles. The number of aryl methyl sites for hydroxylation is 1. The molecule has 0 amide bonds. The first-order valence-electron chi connectivity index (χ1n) is 7.76. The number of rotatable bonds is 9. The van der Waals surface area contributed by atoms with Crippen molar-refractivity contribution in [1.29, 1.82) is 0 Å². The van der Waals surface area contributed by atoms with Gasteiger partial charge in [-0.15, -0.1) is 0 Å². The Morgan fingerprint density at radius 2 is 1.95 bits per heavy atom. The molecular weight excluding hydrogens is 262 g/mol. The quantitative estimate of drug-likeness (QED) is 0.707. The third-order valence-corrected chi connectivity index (χ3v) is 4.44. The van der Waals surface area contributed by atoms with Gasteiger partial charge < -0.3 is 14.8 Å². The molecular formula is C18H31NO2. The van der Waals surface area contributed by atoms with E-state index in [1.807, 2.05) is 0 Å². The molecule has 0 aliphatic carbocycles. The van der Waals surface area contributed by atoms with Crippen LogP contribution in [0.15, 0.2) is 18.2 Å². The van der Waals surface area contributed by atoms with E-state index in [-0.39, 0.29) is 5.41 Å². The topological polar surface area (TPSA) is 30.5 Å². The Balaban J connectivity index is 2.84. The first-order valence-corrected chi connectivity index (χ1v) is 7.76. The summed E-state index contributed by atoms with van der Waals surface area (Å²) in [5.74, 6) is 1.57. The minimum atomic E-state index is 0.189. The van der Waals surface area contributed by atoms with E-state index in [0.29, 0.717) is 5.92 Å². The van der Waals surface area contributed by atoms with Gasteiger partial charge in [0.25, 0.3) is 0 Å². The predicted octanol–water partition coefficient (Wildman–Crippen LogP) is 3.44. The Labute approximate surface area is 130 Å². The standard InChI is InChI=1S/C18H31NO2/c1-14(2)18(4,13-19-9-10-20-5)12-16-11-15(3)7-8-17(16)21-6/h7-8,11,14,19H,9-10,12-13H2,1-6H3. The van der Waals surface area contributed by atoms with E-state index in [1.54, 1.807) is 14.2 Å². The maximum atomic E-state index is 5.53. The number of ether oxygens (including phenoxy) is 2. The molecule has 0 aliphatic heterocycles. The lowest BCUT2D eigenvalue weighted by molar-refractivity contribution is 0.174. The van der Waals surface area contributed by atoms with Gasteiger partial charge in [0.15, 0.2) is 0 Å². The van der Waals surface area contributed by atoms with Gasteiger partial charge in [-0.05, 0) is 36.3 Å². The van der Waals surface area contributed by atoms with Crippen molar-refractivity contribution >= 4 is 0 Å². The van der Waals surface area contributed by atoms with Gasteiger partial charge in [-0.2, -0.15) is 0 Å². The van der Waals surface area contributed by atoms with Gasteiger partial charge in [-0.1, -0.05) is 38.5 Å². The molecule has 0 aliphatic rings. The van der Waals surface area contributed by atoms with Crippen LogP contribution >= 0.6 is 0 Å². The second-order valence-electron chi connectivity index (χ2n) is 6.47. The zero-order valence-corrected chi connectivity index (χ0v) is 14.5. The lowest BCUT2D eigenvalue weighted by Crippen LogP contribution is -2.39. The van der Waals surface area contributed by atoms with E-state index in [0.717, 1.165) is 31.9 Å². The summed E-state index contributed by atoms with van der Waals surface area (Å²) in [4.78, 5) is 0. The number of methoxy groups -OCH3 is 2. The molecule has 0 radical (unpaired) electrons. The van der Waals surface area contributed by atoms with Crippen LogP contribution in [-0.2, 0) is 11.2 Å². The summed E-state index contributed by atoms with van der Waals surface area (Å²) in [6.07, 6.45) is 1.01. The van der Waals surface area contributed by atoms with Crippen molar-refractivity contribution in [1.82, 2.24) is 5.32 Å². The largest absolute Gasteiger partial charge is 0.496 e. The molecule has 1 unspecified atom stereocenters. The summed E-state index contributed by atoms with van der Waals surface area (Å²) in [6.45, 7) is 11.7. The Morgan fingerprint density at radius 3 is 2.52 bits per heavy atom. The van der Waals surface area contributed by atoms with Crippen LogP contribution in [0.2, 0.25) is 0 Å². The van der Waals surface area contributed by atoms with Gasteiger partial charge >= 0.3 is 0 Å². The maximum absolute atomic E-state index is 5.53. The first kappa shape index (κ1) is 18.0. The minimum Gasteiger partial charge on any atom is -0.496 e. The Hall–Kier alpha value is -1.06. The Morgan fingerprint density at radius 1 is 1.24 bits per heavy atom. The third kappa shape index (κ3) is 5.33. The molecule has 0 bridgehead atoms. The molecule has 0 saturated carbocycles. The van der Waals surface area contributed by atoms with Gasteiger partial charge in [-0.25, -0.2) is 0 Å². The zero-order chi connectivity index (χ0) is 15.9. The van der Waals surface area contributed by atoms with Crippen LogP contribution < -0.4 is 10.1 Å². The van der Waals surface area contributed by atoms with Crippen molar-refractivity contribution in [2.24, 2.45) is 11.3 Å². The minimum absolute atomic E-state index is 0.189. The fraction of sp³-hybridized carbons (Fsp3) is 0.667. The number of nitrogens with one attached hydrogen (secondary N) is 1. The molecule has 3 nitrogen and oxygen atoms in total. The Kier molecular flexibility index (Phi) is 7.20. The summed E-state index contributed by atoms with van der Waals surface area (Å²) in [7, 11) is 3.48. The van der Waals surface area contributed by atoms with Gasteiger partial charge in [0, 0.05) is 20.2 Å². The predicted molar refractivity (Wildman–Crippen MR) is 89.1 cm³/mol. The molecule has 0 spiro atoms. The molecule has 21 heavy (non-hydrogen) atoms. The van der Waals surface area contributed by atoms with Crippen molar-refractivity contribution in [3.05, 3.63) is 29.3 Å². The zero-order valence-electron chi connectivity index (χ0n) is 14.5. The molecule has 120 valence electrons. The van der Waals surface area contributed by atoms with E-state index in [4.69, 9.17) is 9.47 Å². The van der Waals surface area contributed by atoms with E-state index >= 15 is 0 Å². The highest BCUT2D eigenvalue weighted by Crippen LogP contribution is 2.34. The van der Waals surface area contributed by atoms with Crippen LogP contribution in [0.4, 0.5) is 0 Å². The highest BCUT2D eigenvalue weighted by Gasteiger charge is 2.29. The van der Waals surface area contributed by atoms with Crippen molar-refractivity contribution < 1.29 is 9.47 Å². The highest BCUT2D eigenvalue weighted by atomic mass is 16.5. The van der Waals surface area contributed by atoms with E-state index in [2.05, 4.69) is 51.2 Å². The average Bonchev–Trinajstić information content (AvgIpc) is 2.44. The number of benzene rings is 1.